The summed E-state index contributed by atoms with van der Waals surface area (Å²) in [4.78, 5) is 0. The lowest BCUT2D eigenvalue weighted by Gasteiger charge is -2.15. The lowest BCUT2D eigenvalue weighted by Crippen LogP contribution is -2.23. The average molecular weight is 175 g/mol. The fourth-order valence-electron chi connectivity index (χ4n) is 1.16. The van der Waals surface area contributed by atoms with Crippen molar-refractivity contribution in [3.8, 4) is 0 Å². The summed E-state index contributed by atoms with van der Waals surface area (Å²) in [5.41, 5.74) is 0. The fraction of sp³-hybridized carbons (Fsp3) is 1.00. The zero-order valence-corrected chi connectivity index (χ0v) is 9.00. The smallest absolute Gasteiger partial charge is 0.00382 e. The van der Waals surface area contributed by atoms with Crippen LogP contribution in [-0.2, 0) is 0 Å². The molecule has 0 heterocycles. The van der Waals surface area contributed by atoms with Crippen LogP contribution >= 0.6 is 11.8 Å². The van der Waals surface area contributed by atoms with Gasteiger partial charge in [0, 0.05) is 6.04 Å². The summed E-state index contributed by atoms with van der Waals surface area (Å²) < 4.78 is 0. The molecule has 1 N–H and O–H groups in total. The van der Waals surface area contributed by atoms with Crippen LogP contribution in [0, 0.1) is 5.92 Å². The second-order valence-corrected chi connectivity index (χ2v) is 4.30. The van der Waals surface area contributed by atoms with Gasteiger partial charge in [0.1, 0.15) is 0 Å². The molecule has 1 nitrogen and oxygen atoms in total. The Bertz CT molecular complexity index is 85.6. The molecule has 2 atom stereocenters. The third kappa shape index (κ3) is 6.70. The van der Waals surface area contributed by atoms with Crippen LogP contribution in [0.25, 0.3) is 0 Å². The van der Waals surface area contributed by atoms with Crippen molar-refractivity contribution >= 4 is 11.8 Å². The first-order valence-corrected chi connectivity index (χ1v) is 5.76. The normalized spacial score (nSPS) is 16.4. The first-order chi connectivity index (χ1) is 5.20. The Morgan fingerprint density at radius 2 is 2.00 bits per heavy atom. The summed E-state index contributed by atoms with van der Waals surface area (Å²) in [5.74, 6) is 2.17. The molecule has 0 spiro atoms. The van der Waals surface area contributed by atoms with Gasteiger partial charge in [0.2, 0.25) is 0 Å². The largest absolute Gasteiger partial charge is 0.317 e. The molecule has 2 heteroatoms. The highest BCUT2D eigenvalue weighted by Gasteiger charge is 2.05. The second-order valence-electron chi connectivity index (χ2n) is 3.31. The molecule has 0 saturated heterocycles. The molecule has 0 saturated carbocycles. The third-order valence-corrected chi connectivity index (χ3v) is 2.71. The van der Waals surface area contributed by atoms with Gasteiger partial charge in [0.05, 0.1) is 0 Å². The Balaban J connectivity index is 3.27. The van der Waals surface area contributed by atoms with E-state index in [0.29, 0.717) is 6.04 Å². The molecule has 2 unspecified atom stereocenters. The van der Waals surface area contributed by atoms with Gasteiger partial charge in [-0.2, -0.15) is 11.8 Å². The third-order valence-electron chi connectivity index (χ3n) is 2.06. The van der Waals surface area contributed by atoms with E-state index in [-0.39, 0.29) is 0 Å². The zero-order valence-electron chi connectivity index (χ0n) is 8.18. The molecule has 0 aromatic carbocycles. The van der Waals surface area contributed by atoms with Gasteiger partial charge in [-0.3, -0.25) is 0 Å². The van der Waals surface area contributed by atoms with Crippen molar-refractivity contribution in [1.82, 2.24) is 5.32 Å². The molecule has 0 bridgehead atoms. The van der Waals surface area contributed by atoms with E-state index in [0.717, 1.165) is 5.92 Å². The maximum Gasteiger partial charge on any atom is 0.00382 e. The van der Waals surface area contributed by atoms with E-state index in [1.54, 1.807) is 0 Å². The zero-order chi connectivity index (χ0) is 8.69. The highest BCUT2D eigenvalue weighted by molar-refractivity contribution is 7.98. The summed E-state index contributed by atoms with van der Waals surface area (Å²) in [6.07, 6.45) is 4.83. The van der Waals surface area contributed by atoms with Crippen LogP contribution in [0.5, 0.6) is 0 Å². The van der Waals surface area contributed by atoms with Gasteiger partial charge in [-0.05, 0) is 44.7 Å². The van der Waals surface area contributed by atoms with Gasteiger partial charge in [0.15, 0.2) is 0 Å². The molecular formula is C9H21NS. The van der Waals surface area contributed by atoms with E-state index in [1.807, 2.05) is 18.8 Å². The van der Waals surface area contributed by atoms with Crippen LogP contribution in [0.4, 0.5) is 0 Å². The molecule has 0 aromatic heterocycles. The van der Waals surface area contributed by atoms with Crippen molar-refractivity contribution in [2.75, 3.05) is 19.1 Å². The first-order valence-electron chi connectivity index (χ1n) is 4.37. The minimum Gasteiger partial charge on any atom is -0.317 e. The van der Waals surface area contributed by atoms with Gasteiger partial charge in [-0.15, -0.1) is 0 Å². The Kier molecular flexibility index (Phi) is 7.18. The van der Waals surface area contributed by atoms with E-state index >= 15 is 0 Å². The number of nitrogens with one attached hydrogen (secondary N) is 1. The molecule has 0 aromatic rings. The van der Waals surface area contributed by atoms with Crippen molar-refractivity contribution in [3.63, 3.8) is 0 Å². The van der Waals surface area contributed by atoms with Crippen molar-refractivity contribution in [2.45, 2.75) is 32.7 Å². The monoisotopic (exact) mass is 175 g/mol. The first kappa shape index (κ1) is 11.3. The SMILES string of the molecule is CNC(C)CC(C)CCSC. The van der Waals surface area contributed by atoms with Crippen LogP contribution in [0.3, 0.4) is 0 Å². The minimum atomic E-state index is 0.673. The molecule has 0 aliphatic heterocycles. The highest BCUT2D eigenvalue weighted by atomic mass is 32.2. The standard InChI is InChI=1S/C9H21NS/c1-8(5-6-11-4)7-9(2)10-3/h8-10H,5-7H2,1-4H3. The Hall–Kier alpha value is 0.310. The van der Waals surface area contributed by atoms with Crippen LogP contribution in [0.2, 0.25) is 0 Å². The quantitative estimate of drug-likeness (QED) is 0.665. The molecule has 0 aliphatic carbocycles. The van der Waals surface area contributed by atoms with Crippen LogP contribution in [-0.4, -0.2) is 25.1 Å². The molecule has 11 heavy (non-hydrogen) atoms. The van der Waals surface area contributed by atoms with E-state index in [4.69, 9.17) is 0 Å². The number of rotatable bonds is 6. The second kappa shape index (κ2) is 6.99. The van der Waals surface area contributed by atoms with E-state index < -0.39 is 0 Å². The van der Waals surface area contributed by atoms with E-state index in [9.17, 15) is 0 Å². The minimum absolute atomic E-state index is 0.673. The number of hydrogen-bond donors (Lipinski definition) is 1. The van der Waals surface area contributed by atoms with Crippen LogP contribution < -0.4 is 5.32 Å². The summed E-state index contributed by atoms with van der Waals surface area (Å²) in [6.45, 7) is 4.58. The van der Waals surface area contributed by atoms with E-state index in [2.05, 4.69) is 25.4 Å². The molecule has 0 aliphatic rings. The lowest BCUT2D eigenvalue weighted by atomic mass is 10.0. The van der Waals surface area contributed by atoms with Gasteiger partial charge in [-0.1, -0.05) is 6.92 Å². The predicted octanol–water partition coefficient (Wildman–Crippen LogP) is 2.37. The summed E-state index contributed by atoms with van der Waals surface area (Å²) in [6, 6.07) is 0.673. The van der Waals surface area contributed by atoms with Crippen molar-refractivity contribution in [1.29, 1.82) is 0 Å². The number of hydrogen-bond acceptors (Lipinski definition) is 2. The molecule has 0 amide bonds. The van der Waals surface area contributed by atoms with Crippen molar-refractivity contribution in [2.24, 2.45) is 5.92 Å². The predicted molar refractivity (Wildman–Crippen MR) is 55.3 cm³/mol. The summed E-state index contributed by atoms with van der Waals surface area (Å²) >= 11 is 1.94. The van der Waals surface area contributed by atoms with Crippen molar-refractivity contribution < 1.29 is 0 Å². The highest BCUT2D eigenvalue weighted by Crippen LogP contribution is 2.12. The molecule has 0 rings (SSSR count). The summed E-state index contributed by atoms with van der Waals surface area (Å²) in [5, 5.41) is 3.27. The maximum absolute atomic E-state index is 3.27. The topological polar surface area (TPSA) is 12.0 Å². The lowest BCUT2D eigenvalue weighted by molar-refractivity contribution is 0.435. The molecule has 68 valence electrons. The molecule has 0 radical (unpaired) electrons. The van der Waals surface area contributed by atoms with Gasteiger partial charge >= 0.3 is 0 Å². The van der Waals surface area contributed by atoms with Crippen molar-refractivity contribution in [3.05, 3.63) is 0 Å². The fourth-order valence-corrected chi connectivity index (χ4v) is 1.80. The Morgan fingerprint density at radius 1 is 1.36 bits per heavy atom. The van der Waals surface area contributed by atoms with Crippen LogP contribution in [0.1, 0.15) is 26.7 Å². The van der Waals surface area contributed by atoms with Gasteiger partial charge in [0.25, 0.3) is 0 Å². The average Bonchev–Trinajstić information content (AvgIpc) is 2.00. The Labute approximate surface area is 75.3 Å². The molecular weight excluding hydrogens is 154 g/mol. The van der Waals surface area contributed by atoms with E-state index in [1.165, 1.54) is 18.6 Å². The van der Waals surface area contributed by atoms with Gasteiger partial charge in [-0.25, -0.2) is 0 Å². The molecule has 0 fully saturated rings. The summed E-state index contributed by atoms with van der Waals surface area (Å²) in [7, 11) is 2.03. The number of thioether (sulfide) groups is 1. The van der Waals surface area contributed by atoms with Gasteiger partial charge < -0.3 is 5.32 Å². The maximum atomic E-state index is 3.27. The van der Waals surface area contributed by atoms with Crippen LogP contribution in [0.15, 0.2) is 0 Å². The Morgan fingerprint density at radius 3 is 2.45 bits per heavy atom.